The van der Waals surface area contributed by atoms with Gasteiger partial charge in [-0.25, -0.2) is 0 Å². The van der Waals surface area contributed by atoms with Gasteiger partial charge in [0.25, 0.3) is 5.91 Å². The van der Waals surface area contributed by atoms with E-state index in [-0.39, 0.29) is 31.8 Å². The van der Waals surface area contributed by atoms with Crippen LogP contribution in [-0.2, 0) is 15.1 Å². The first kappa shape index (κ1) is 18.6. The number of ether oxygens (including phenoxy) is 3. The van der Waals surface area contributed by atoms with E-state index in [4.69, 9.17) is 14.2 Å². The fraction of sp³-hybridized carbons (Fsp3) is 0.300. The Bertz CT molecular complexity index is 960. The molecular formula is C20H19BrN2O5. The first-order valence-electron chi connectivity index (χ1n) is 8.77. The molecule has 0 saturated carbocycles. The van der Waals surface area contributed by atoms with Crippen LogP contribution in [0.2, 0.25) is 0 Å². The summed E-state index contributed by atoms with van der Waals surface area (Å²) < 4.78 is 17.1. The lowest BCUT2D eigenvalue weighted by Crippen LogP contribution is -2.49. The highest BCUT2D eigenvalue weighted by Crippen LogP contribution is 2.36. The third-order valence-corrected chi connectivity index (χ3v) is 5.21. The van der Waals surface area contributed by atoms with Gasteiger partial charge in [0.15, 0.2) is 18.1 Å². The maximum atomic E-state index is 12.7. The first-order chi connectivity index (χ1) is 13.3. The van der Waals surface area contributed by atoms with E-state index < -0.39 is 5.54 Å². The van der Waals surface area contributed by atoms with Crippen molar-refractivity contribution in [2.75, 3.05) is 24.8 Å². The van der Waals surface area contributed by atoms with Crippen molar-refractivity contribution in [3.8, 4) is 17.2 Å². The third-order valence-electron chi connectivity index (χ3n) is 4.71. The van der Waals surface area contributed by atoms with Crippen molar-refractivity contribution >= 4 is 33.4 Å². The molecule has 0 atom stereocenters. The van der Waals surface area contributed by atoms with Crippen molar-refractivity contribution in [2.24, 2.45) is 0 Å². The van der Waals surface area contributed by atoms with Crippen LogP contribution in [-0.4, -0.2) is 31.8 Å². The molecule has 8 heteroatoms. The van der Waals surface area contributed by atoms with Gasteiger partial charge in [0, 0.05) is 4.47 Å². The number of benzene rings is 2. The van der Waals surface area contributed by atoms with Crippen LogP contribution in [0.1, 0.15) is 19.4 Å². The van der Waals surface area contributed by atoms with Gasteiger partial charge in [0.05, 0.1) is 11.2 Å². The average Bonchev–Trinajstić information content (AvgIpc) is 3.11. The summed E-state index contributed by atoms with van der Waals surface area (Å²) in [6.45, 7) is 3.80. The van der Waals surface area contributed by atoms with Gasteiger partial charge < -0.3 is 19.5 Å². The van der Waals surface area contributed by atoms with Crippen LogP contribution in [0.15, 0.2) is 40.9 Å². The maximum absolute atomic E-state index is 12.7. The van der Waals surface area contributed by atoms with E-state index in [9.17, 15) is 9.59 Å². The van der Waals surface area contributed by atoms with Crippen LogP contribution >= 0.6 is 15.9 Å². The summed E-state index contributed by atoms with van der Waals surface area (Å²) >= 11 is 3.38. The van der Waals surface area contributed by atoms with Gasteiger partial charge in [-0.1, -0.05) is 22.0 Å². The predicted octanol–water partition coefficient (Wildman–Crippen LogP) is 2.95. The Labute approximate surface area is 170 Å². The number of nitrogens with zero attached hydrogens (tertiary/aromatic N) is 1. The van der Waals surface area contributed by atoms with Crippen LogP contribution in [0, 0.1) is 0 Å². The summed E-state index contributed by atoms with van der Waals surface area (Å²) in [6, 6.07) is 10.9. The summed E-state index contributed by atoms with van der Waals surface area (Å²) in [5, 5.41) is 2.99. The monoisotopic (exact) mass is 446 g/mol. The quantitative estimate of drug-likeness (QED) is 0.780. The summed E-state index contributed by atoms with van der Waals surface area (Å²) in [5.41, 5.74) is 0.800. The normalized spacial score (nSPS) is 15.1. The zero-order chi connectivity index (χ0) is 19.9. The van der Waals surface area contributed by atoms with Crippen molar-refractivity contribution in [2.45, 2.75) is 19.4 Å². The lowest BCUT2D eigenvalue weighted by Gasteiger charge is -2.32. The Morgan fingerprint density at radius 3 is 2.71 bits per heavy atom. The molecule has 7 nitrogen and oxygen atoms in total. The van der Waals surface area contributed by atoms with E-state index in [0.29, 0.717) is 22.9 Å². The SMILES string of the molecule is CC(C)(NC(=O)CN1C(=O)COc2cc(Br)ccc21)c1ccc2c(c1)OCO2. The number of anilines is 1. The smallest absolute Gasteiger partial charge is 0.265 e. The molecular weight excluding hydrogens is 428 g/mol. The average molecular weight is 447 g/mol. The van der Waals surface area contributed by atoms with Crippen molar-refractivity contribution < 1.29 is 23.8 Å². The molecule has 4 rings (SSSR count). The van der Waals surface area contributed by atoms with Gasteiger partial charge in [-0.2, -0.15) is 0 Å². The summed E-state index contributed by atoms with van der Waals surface area (Å²) in [5.74, 6) is 1.38. The number of hydrogen-bond acceptors (Lipinski definition) is 5. The van der Waals surface area contributed by atoms with Gasteiger partial charge in [0.1, 0.15) is 12.3 Å². The molecule has 2 aliphatic heterocycles. The molecule has 146 valence electrons. The van der Waals surface area contributed by atoms with Crippen LogP contribution < -0.4 is 24.4 Å². The fourth-order valence-corrected chi connectivity index (χ4v) is 3.58. The second-order valence-electron chi connectivity index (χ2n) is 7.12. The minimum atomic E-state index is -0.657. The van der Waals surface area contributed by atoms with Gasteiger partial charge in [-0.15, -0.1) is 0 Å². The van der Waals surface area contributed by atoms with Crippen molar-refractivity contribution in [3.63, 3.8) is 0 Å². The minimum Gasteiger partial charge on any atom is -0.482 e. The van der Waals surface area contributed by atoms with E-state index in [1.807, 2.05) is 38.1 Å². The van der Waals surface area contributed by atoms with Gasteiger partial charge >= 0.3 is 0 Å². The molecule has 1 N–H and O–H groups in total. The number of hydrogen-bond donors (Lipinski definition) is 1. The predicted molar refractivity (Wildman–Crippen MR) is 106 cm³/mol. The molecule has 0 radical (unpaired) electrons. The Kier molecular flexibility index (Phi) is 4.66. The number of nitrogens with one attached hydrogen (secondary N) is 1. The van der Waals surface area contributed by atoms with E-state index in [1.165, 1.54) is 4.90 Å². The standard InChI is InChI=1S/C20H19BrN2O5/c1-20(2,12-3-6-15-17(7-12)28-11-27-15)22-18(24)9-23-14-5-4-13(21)8-16(14)26-10-19(23)25/h3-8H,9-11H2,1-2H3,(H,22,24). The lowest BCUT2D eigenvalue weighted by molar-refractivity contribution is -0.126. The zero-order valence-electron chi connectivity index (χ0n) is 15.5. The van der Waals surface area contributed by atoms with E-state index in [2.05, 4.69) is 21.2 Å². The highest BCUT2D eigenvalue weighted by Gasteiger charge is 2.30. The Morgan fingerprint density at radius 2 is 1.89 bits per heavy atom. The summed E-state index contributed by atoms with van der Waals surface area (Å²) in [4.78, 5) is 26.5. The van der Waals surface area contributed by atoms with E-state index in [0.717, 1.165) is 10.0 Å². The molecule has 2 amide bonds. The summed E-state index contributed by atoms with van der Waals surface area (Å²) in [6.07, 6.45) is 0. The highest BCUT2D eigenvalue weighted by atomic mass is 79.9. The second-order valence-corrected chi connectivity index (χ2v) is 8.04. The molecule has 2 aromatic carbocycles. The number of carbonyl (C=O) groups is 2. The Hall–Kier alpha value is -2.74. The molecule has 0 unspecified atom stereocenters. The number of fused-ring (bicyclic) bond motifs is 2. The first-order valence-corrected chi connectivity index (χ1v) is 9.57. The molecule has 0 aromatic heterocycles. The van der Waals surface area contributed by atoms with E-state index >= 15 is 0 Å². The van der Waals surface area contributed by atoms with Gasteiger partial charge in [-0.05, 0) is 49.7 Å². The van der Waals surface area contributed by atoms with Crippen LogP contribution in [0.3, 0.4) is 0 Å². The largest absolute Gasteiger partial charge is 0.482 e. The molecule has 0 spiro atoms. The molecule has 28 heavy (non-hydrogen) atoms. The minimum absolute atomic E-state index is 0.0925. The molecule has 0 aliphatic carbocycles. The summed E-state index contributed by atoms with van der Waals surface area (Å²) in [7, 11) is 0. The second kappa shape index (κ2) is 7.01. The van der Waals surface area contributed by atoms with Crippen molar-refractivity contribution in [3.05, 3.63) is 46.4 Å². The van der Waals surface area contributed by atoms with Crippen LogP contribution in [0.4, 0.5) is 5.69 Å². The van der Waals surface area contributed by atoms with Crippen molar-refractivity contribution in [1.82, 2.24) is 5.32 Å². The maximum Gasteiger partial charge on any atom is 0.265 e. The Balaban J connectivity index is 1.50. The molecule has 2 aliphatic rings. The number of rotatable bonds is 4. The highest BCUT2D eigenvalue weighted by molar-refractivity contribution is 9.10. The van der Waals surface area contributed by atoms with Gasteiger partial charge in [0.2, 0.25) is 12.7 Å². The van der Waals surface area contributed by atoms with Crippen LogP contribution in [0.5, 0.6) is 17.2 Å². The lowest BCUT2D eigenvalue weighted by atomic mass is 9.93. The third kappa shape index (κ3) is 3.52. The number of halogens is 1. The topological polar surface area (TPSA) is 77.1 Å². The molecule has 0 fully saturated rings. The molecule has 0 bridgehead atoms. The van der Waals surface area contributed by atoms with Crippen LogP contribution in [0.25, 0.3) is 0 Å². The fourth-order valence-electron chi connectivity index (χ4n) is 3.24. The Morgan fingerprint density at radius 1 is 1.11 bits per heavy atom. The van der Waals surface area contributed by atoms with Crippen molar-refractivity contribution in [1.29, 1.82) is 0 Å². The zero-order valence-corrected chi connectivity index (χ0v) is 17.0. The molecule has 0 saturated heterocycles. The number of carbonyl (C=O) groups excluding carboxylic acids is 2. The molecule has 2 aromatic rings. The van der Waals surface area contributed by atoms with E-state index in [1.54, 1.807) is 12.1 Å². The number of amides is 2. The van der Waals surface area contributed by atoms with Gasteiger partial charge in [-0.3, -0.25) is 14.5 Å². The molecule has 2 heterocycles.